The van der Waals surface area contributed by atoms with Crippen LogP contribution in [0.3, 0.4) is 0 Å². The summed E-state index contributed by atoms with van der Waals surface area (Å²) in [4.78, 5) is 0. The van der Waals surface area contributed by atoms with Gasteiger partial charge in [-0.3, -0.25) is 0 Å². The first-order valence-corrected chi connectivity index (χ1v) is 29.9. The van der Waals surface area contributed by atoms with E-state index in [0.717, 1.165) is 0 Å². The van der Waals surface area contributed by atoms with Gasteiger partial charge in [0.25, 0.3) is 6.71 Å². The minimum atomic E-state index is -0.112. The zero-order chi connectivity index (χ0) is 54.9. The maximum Gasteiger partial charge on any atom is 0.252 e. The van der Waals surface area contributed by atoms with Crippen LogP contribution in [-0.2, 0) is 0 Å². The summed E-state index contributed by atoms with van der Waals surface area (Å²) in [6, 6.07) is 104. The molecule has 0 atom stereocenters. The van der Waals surface area contributed by atoms with Gasteiger partial charge in [-0.2, -0.15) is 0 Å². The molecule has 0 bridgehead atoms. The number of hydrogen-bond donors (Lipinski definition) is 0. The summed E-state index contributed by atoms with van der Waals surface area (Å²) < 4.78 is 5.34. The summed E-state index contributed by atoms with van der Waals surface area (Å²) in [5.41, 5.74) is 16.5. The Hall–Kier alpha value is -11.0. The van der Waals surface area contributed by atoms with E-state index < -0.39 is 0 Å². The molecular weight excluding hydrogens is 1020 g/mol. The Balaban J connectivity index is 0.970. The van der Waals surface area contributed by atoms with Gasteiger partial charge in [0.05, 0.1) is 16.6 Å². The largest absolute Gasteiger partial charge is 0.310 e. The lowest BCUT2D eigenvalue weighted by Gasteiger charge is -2.34. The standard InChI is InChI=1S/C82H45BN2/c1-3-20-50-46(18-1)40-65(59-29-10-5-22-52(50)59)48-36-38-72-68(42-48)79-77-63-33-16-14-27-57(63)55-25-8-12-31-61(55)67(77)45-71-82(79)84(72)74-34-17-35-75-80(74)83(71)70-44-49(66-41-47-19-2-4-21-51(47)53-23-6-11-30-60(53)66)43-69-78-73(85(75)81(69)70)39-37-64-58-28-9-7-24-54(58)56-26-13-15-32-62(56)76(64)78/h1-45H. The lowest BCUT2D eigenvalue weighted by atomic mass is 9.34. The molecule has 4 heterocycles. The Bertz CT molecular complexity index is 6320. The minimum absolute atomic E-state index is 0.112. The van der Waals surface area contributed by atoms with Gasteiger partial charge in [0.2, 0.25) is 0 Å². The third kappa shape index (κ3) is 5.57. The van der Waals surface area contributed by atoms with E-state index in [1.165, 1.54) is 201 Å². The Labute approximate surface area is 487 Å². The summed E-state index contributed by atoms with van der Waals surface area (Å²) >= 11 is 0. The second-order valence-electron chi connectivity index (χ2n) is 24.1. The number of aromatic nitrogens is 2. The lowest BCUT2D eigenvalue weighted by molar-refractivity contribution is 1.14. The fraction of sp³-hybridized carbons (Fsp3) is 0. The number of nitrogens with zero attached hydrogens (tertiary/aromatic N) is 2. The first kappa shape index (κ1) is 44.6. The van der Waals surface area contributed by atoms with Gasteiger partial charge in [-0.05, 0) is 184 Å². The zero-order valence-electron chi connectivity index (χ0n) is 46.0. The van der Waals surface area contributed by atoms with Crippen LogP contribution in [-0.4, -0.2) is 15.8 Å². The van der Waals surface area contributed by atoms with E-state index in [1.807, 2.05) is 0 Å². The fourth-order valence-corrected chi connectivity index (χ4v) is 16.8. The van der Waals surface area contributed by atoms with Gasteiger partial charge in [-0.25, -0.2) is 0 Å². The molecule has 0 saturated carbocycles. The second-order valence-corrected chi connectivity index (χ2v) is 24.1. The van der Waals surface area contributed by atoms with Gasteiger partial charge < -0.3 is 9.13 Å². The highest BCUT2D eigenvalue weighted by atomic mass is 15.0. The van der Waals surface area contributed by atoms with Gasteiger partial charge in [0.15, 0.2) is 0 Å². The van der Waals surface area contributed by atoms with Gasteiger partial charge >= 0.3 is 0 Å². The molecule has 2 aromatic heterocycles. The van der Waals surface area contributed by atoms with E-state index in [2.05, 4.69) is 282 Å². The fourth-order valence-electron chi connectivity index (χ4n) is 16.8. The molecule has 2 nitrogen and oxygen atoms in total. The molecule has 19 aromatic rings. The maximum atomic E-state index is 2.67. The highest BCUT2D eigenvalue weighted by molar-refractivity contribution is 7.00. The summed E-state index contributed by atoms with van der Waals surface area (Å²) in [6.45, 7) is -0.112. The van der Waals surface area contributed by atoms with Gasteiger partial charge in [-0.15, -0.1) is 0 Å². The minimum Gasteiger partial charge on any atom is -0.310 e. The van der Waals surface area contributed by atoms with E-state index in [4.69, 9.17) is 0 Å². The van der Waals surface area contributed by atoms with Gasteiger partial charge in [0.1, 0.15) is 0 Å². The quantitative estimate of drug-likeness (QED) is 0.121. The zero-order valence-corrected chi connectivity index (χ0v) is 46.0. The van der Waals surface area contributed by atoms with E-state index in [0.29, 0.717) is 0 Å². The smallest absolute Gasteiger partial charge is 0.252 e. The Morgan fingerprint density at radius 3 is 1.21 bits per heavy atom. The molecule has 0 fully saturated rings. The SMILES string of the molecule is c1cc2c3c(c1)-n1c4ccc(-c5cc6ccccc6c6ccccc56)cc4c4c5c6ccccc6c6ccccc6c5cc(c41)B3c1cc(-c3cc4ccccc4c4ccccc34)cc3c4c5c6ccccc6c6ccccc6c5ccc4n-2c13. The number of rotatable bonds is 2. The third-order valence-corrected chi connectivity index (χ3v) is 20.1. The van der Waals surface area contributed by atoms with Crippen molar-refractivity contribution >= 4 is 174 Å². The molecule has 0 spiro atoms. The molecule has 3 heteroatoms. The van der Waals surface area contributed by atoms with E-state index in [1.54, 1.807) is 0 Å². The predicted octanol–water partition coefficient (Wildman–Crippen LogP) is 19.9. The number of benzene rings is 17. The van der Waals surface area contributed by atoms with E-state index in [9.17, 15) is 0 Å². The molecule has 17 aromatic carbocycles. The number of hydrogen-bond acceptors (Lipinski definition) is 0. The summed E-state index contributed by atoms with van der Waals surface area (Å²) in [5, 5.41) is 30.8. The van der Waals surface area contributed by atoms with Crippen LogP contribution in [0.4, 0.5) is 0 Å². The monoisotopic (exact) mass is 1070 g/mol. The predicted molar refractivity (Wildman–Crippen MR) is 366 cm³/mol. The Morgan fingerprint density at radius 2 is 0.635 bits per heavy atom. The van der Waals surface area contributed by atoms with Crippen molar-refractivity contribution in [1.82, 2.24) is 9.13 Å². The number of fused-ring (bicyclic) bond motifs is 30. The van der Waals surface area contributed by atoms with Crippen LogP contribution in [0.15, 0.2) is 273 Å². The molecule has 0 saturated heterocycles. The first-order valence-electron chi connectivity index (χ1n) is 29.9. The molecule has 0 radical (unpaired) electrons. The Kier molecular flexibility index (Phi) is 8.38. The molecule has 2 aliphatic heterocycles. The van der Waals surface area contributed by atoms with Crippen LogP contribution in [0.2, 0.25) is 0 Å². The highest BCUT2D eigenvalue weighted by Gasteiger charge is 2.42. The highest BCUT2D eigenvalue weighted by Crippen LogP contribution is 2.50. The molecule has 0 N–H and O–H groups in total. The van der Waals surface area contributed by atoms with Crippen molar-refractivity contribution in [2.24, 2.45) is 0 Å². The molecule has 0 unspecified atom stereocenters. The molecular formula is C82H45BN2. The summed E-state index contributed by atoms with van der Waals surface area (Å²) in [5.74, 6) is 0. The average molecular weight is 1070 g/mol. The molecule has 386 valence electrons. The molecule has 0 amide bonds. The van der Waals surface area contributed by atoms with Crippen LogP contribution in [0.5, 0.6) is 0 Å². The van der Waals surface area contributed by atoms with Crippen LogP contribution < -0.4 is 16.4 Å². The van der Waals surface area contributed by atoms with Crippen molar-refractivity contribution in [2.45, 2.75) is 0 Å². The van der Waals surface area contributed by atoms with Crippen LogP contribution in [0.25, 0.3) is 185 Å². The molecule has 2 aliphatic rings. The normalized spacial score (nSPS) is 12.9. The second kappa shape index (κ2) is 16.0. The summed E-state index contributed by atoms with van der Waals surface area (Å²) in [6.07, 6.45) is 0. The van der Waals surface area contributed by atoms with Gasteiger partial charge in [0, 0.05) is 49.2 Å². The van der Waals surface area contributed by atoms with Crippen molar-refractivity contribution in [3.05, 3.63) is 273 Å². The lowest BCUT2D eigenvalue weighted by Crippen LogP contribution is -2.59. The first-order chi connectivity index (χ1) is 42.2. The molecule has 21 rings (SSSR count). The van der Waals surface area contributed by atoms with Crippen LogP contribution >= 0.6 is 0 Å². The Morgan fingerprint density at radius 1 is 0.224 bits per heavy atom. The summed E-state index contributed by atoms with van der Waals surface area (Å²) in [7, 11) is 0. The van der Waals surface area contributed by atoms with Crippen molar-refractivity contribution in [1.29, 1.82) is 0 Å². The topological polar surface area (TPSA) is 9.86 Å². The van der Waals surface area contributed by atoms with Crippen molar-refractivity contribution in [3.63, 3.8) is 0 Å². The van der Waals surface area contributed by atoms with E-state index in [-0.39, 0.29) is 6.71 Å². The molecule has 0 aliphatic carbocycles. The van der Waals surface area contributed by atoms with Crippen LogP contribution in [0.1, 0.15) is 0 Å². The maximum absolute atomic E-state index is 2.67. The van der Waals surface area contributed by atoms with E-state index >= 15 is 0 Å². The van der Waals surface area contributed by atoms with Crippen LogP contribution in [0, 0.1) is 0 Å². The average Bonchev–Trinajstić information content (AvgIpc) is 1.86. The molecule has 85 heavy (non-hydrogen) atoms. The third-order valence-electron chi connectivity index (χ3n) is 20.1. The van der Waals surface area contributed by atoms with Crippen molar-refractivity contribution in [2.75, 3.05) is 0 Å². The van der Waals surface area contributed by atoms with Crippen molar-refractivity contribution in [3.8, 4) is 33.6 Å². The van der Waals surface area contributed by atoms with Crippen molar-refractivity contribution < 1.29 is 0 Å². The van der Waals surface area contributed by atoms with Gasteiger partial charge in [-0.1, -0.05) is 224 Å².